The molecule has 2 aromatic carbocycles. The summed E-state index contributed by atoms with van der Waals surface area (Å²) in [5.41, 5.74) is 1.18. The van der Waals surface area contributed by atoms with Gasteiger partial charge >= 0.3 is 0 Å². The van der Waals surface area contributed by atoms with E-state index in [-0.39, 0.29) is 29.4 Å². The number of carbonyl (C=O) groups excluding carboxylic acids is 2. The van der Waals surface area contributed by atoms with Gasteiger partial charge in [-0.05, 0) is 36.8 Å². The highest BCUT2D eigenvalue weighted by Crippen LogP contribution is 2.48. The van der Waals surface area contributed by atoms with Crippen LogP contribution in [-0.4, -0.2) is 35.0 Å². The van der Waals surface area contributed by atoms with E-state index < -0.39 is 0 Å². The second-order valence-corrected chi connectivity index (χ2v) is 7.41. The summed E-state index contributed by atoms with van der Waals surface area (Å²) in [6.45, 7) is 6.82. The van der Waals surface area contributed by atoms with Gasteiger partial charge in [-0.2, -0.15) is 0 Å². The van der Waals surface area contributed by atoms with Gasteiger partial charge < -0.3 is 4.74 Å². The Balaban J connectivity index is 1.66. The molecule has 0 aliphatic carbocycles. The molecule has 0 N–H and O–H groups in total. The van der Waals surface area contributed by atoms with Crippen molar-refractivity contribution >= 4 is 22.6 Å². The van der Waals surface area contributed by atoms with Crippen molar-refractivity contribution in [2.75, 3.05) is 6.54 Å². The Kier molecular flexibility index (Phi) is 4.11. The van der Waals surface area contributed by atoms with Gasteiger partial charge in [-0.1, -0.05) is 45.0 Å². The van der Waals surface area contributed by atoms with Gasteiger partial charge in [-0.25, -0.2) is 0 Å². The minimum atomic E-state index is -0.183. The van der Waals surface area contributed by atoms with Crippen LogP contribution in [0.25, 0.3) is 10.8 Å². The van der Waals surface area contributed by atoms with Crippen molar-refractivity contribution in [2.45, 2.75) is 51.7 Å². The standard InChI is InChI=1S/C22H25NO3/c1-4-14(19-22(5-2,6-3)26-19)13-23-20(24)16-11-7-9-15-10-8-12-17(18(15)16)21(23)25/h7-12,14,19H,4-6,13H2,1-3H3. The summed E-state index contributed by atoms with van der Waals surface area (Å²) in [6, 6.07) is 11.3. The van der Waals surface area contributed by atoms with Crippen LogP contribution in [-0.2, 0) is 4.74 Å². The minimum Gasteiger partial charge on any atom is -0.366 e. The maximum Gasteiger partial charge on any atom is 0.261 e. The fourth-order valence-corrected chi connectivity index (χ4v) is 4.48. The highest BCUT2D eigenvalue weighted by Gasteiger charge is 2.57. The van der Waals surface area contributed by atoms with Crippen molar-refractivity contribution in [3.8, 4) is 0 Å². The lowest BCUT2D eigenvalue weighted by atomic mass is 9.87. The van der Waals surface area contributed by atoms with Crippen LogP contribution >= 0.6 is 0 Å². The predicted octanol–water partition coefficient (Wildman–Crippen LogP) is 4.42. The number of ether oxygens (including phenoxy) is 1. The zero-order valence-electron chi connectivity index (χ0n) is 15.6. The Morgan fingerprint density at radius 3 is 2.04 bits per heavy atom. The van der Waals surface area contributed by atoms with E-state index in [1.54, 1.807) is 0 Å². The number of hydrogen-bond donors (Lipinski definition) is 0. The first-order valence-corrected chi connectivity index (χ1v) is 9.62. The van der Waals surface area contributed by atoms with Gasteiger partial charge in [0.2, 0.25) is 0 Å². The number of benzene rings is 2. The maximum absolute atomic E-state index is 13.1. The van der Waals surface area contributed by atoms with Crippen LogP contribution in [0.3, 0.4) is 0 Å². The van der Waals surface area contributed by atoms with Gasteiger partial charge in [0.15, 0.2) is 0 Å². The predicted molar refractivity (Wildman–Crippen MR) is 101 cm³/mol. The highest BCUT2D eigenvalue weighted by atomic mass is 16.6. The molecule has 2 aromatic rings. The van der Waals surface area contributed by atoms with Crippen LogP contribution in [0.2, 0.25) is 0 Å². The third-order valence-corrected chi connectivity index (χ3v) is 6.25. The average Bonchev–Trinajstić information content (AvgIpc) is 3.41. The molecule has 4 heteroatoms. The lowest BCUT2D eigenvalue weighted by Gasteiger charge is -2.30. The Hall–Kier alpha value is -2.20. The number of rotatable bonds is 6. The van der Waals surface area contributed by atoms with Gasteiger partial charge in [0.1, 0.15) is 0 Å². The molecule has 0 spiro atoms. The third-order valence-electron chi connectivity index (χ3n) is 6.25. The van der Waals surface area contributed by atoms with Crippen molar-refractivity contribution in [3.63, 3.8) is 0 Å². The van der Waals surface area contributed by atoms with Crippen molar-refractivity contribution in [3.05, 3.63) is 47.5 Å². The number of imide groups is 1. The summed E-state index contributed by atoms with van der Waals surface area (Å²) in [6.07, 6.45) is 2.95. The van der Waals surface area contributed by atoms with Gasteiger partial charge in [0.05, 0.1) is 11.7 Å². The van der Waals surface area contributed by atoms with Gasteiger partial charge in [-0.3, -0.25) is 14.5 Å². The minimum absolute atomic E-state index is 0.0690. The SMILES string of the molecule is CCC(CN1C(=O)c2cccc3cccc(c23)C1=O)C1OC1(CC)CC. The lowest BCUT2D eigenvalue weighted by Crippen LogP contribution is -2.44. The van der Waals surface area contributed by atoms with Crippen LogP contribution in [0.5, 0.6) is 0 Å². The number of epoxide rings is 1. The van der Waals surface area contributed by atoms with Gasteiger partial charge in [-0.15, -0.1) is 0 Å². The van der Waals surface area contributed by atoms with E-state index in [4.69, 9.17) is 4.74 Å². The molecule has 4 nitrogen and oxygen atoms in total. The monoisotopic (exact) mass is 351 g/mol. The van der Waals surface area contributed by atoms with Gasteiger partial charge in [0.25, 0.3) is 11.8 Å². The maximum atomic E-state index is 13.1. The summed E-state index contributed by atoms with van der Waals surface area (Å²) in [5.74, 6) is -0.193. The second-order valence-electron chi connectivity index (χ2n) is 7.41. The first-order chi connectivity index (χ1) is 12.6. The molecular weight excluding hydrogens is 326 g/mol. The topological polar surface area (TPSA) is 49.9 Å². The molecule has 2 amide bonds. The van der Waals surface area contributed by atoms with Crippen LogP contribution < -0.4 is 0 Å². The summed E-state index contributed by atoms with van der Waals surface area (Å²) >= 11 is 0. The highest BCUT2D eigenvalue weighted by molar-refractivity contribution is 6.25. The summed E-state index contributed by atoms with van der Waals surface area (Å²) in [7, 11) is 0. The molecule has 136 valence electrons. The zero-order chi connectivity index (χ0) is 18.5. The molecular formula is C22H25NO3. The molecule has 0 bridgehead atoms. The largest absolute Gasteiger partial charge is 0.366 e. The first kappa shape index (κ1) is 17.2. The fraction of sp³-hybridized carbons (Fsp3) is 0.455. The number of amides is 2. The van der Waals surface area contributed by atoms with Crippen molar-refractivity contribution in [1.29, 1.82) is 0 Å². The fourth-order valence-electron chi connectivity index (χ4n) is 4.48. The number of nitrogens with zero attached hydrogens (tertiary/aromatic N) is 1. The molecule has 26 heavy (non-hydrogen) atoms. The summed E-state index contributed by atoms with van der Waals surface area (Å²) in [4.78, 5) is 27.6. The van der Waals surface area contributed by atoms with E-state index in [1.165, 1.54) is 4.90 Å². The summed E-state index contributed by atoms with van der Waals surface area (Å²) < 4.78 is 6.05. The Labute approximate surface area is 154 Å². The Morgan fingerprint density at radius 2 is 1.58 bits per heavy atom. The van der Waals surface area contributed by atoms with Crippen LogP contribution in [0.1, 0.15) is 60.7 Å². The van der Waals surface area contributed by atoms with E-state index in [2.05, 4.69) is 20.8 Å². The molecule has 2 unspecified atom stereocenters. The summed E-state index contributed by atoms with van der Waals surface area (Å²) in [5, 5.41) is 1.73. The molecule has 1 saturated heterocycles. The molecule has 0 radical (unpaired) electrons. The van der Waals surface area contributed by atoms with E-state index in [0.29, 0.717) is 17.7 Å². The zero-order valence-corrected chi connectivity index (χ0v) is 15.6. The van der Waals surface area contributed by atoms with E-state index in [1.807, 2.05) is 36.4 Å². The van der Waals surface area contributed by atoms with Crippen molar-refractivity contribution < 1.29 is 14.3 Å². The molecule has 2 aliphatic rings. The van der Waals surface area contributed by atoms with Crippen molar-refractivity contribution in [1.82, 2.24) is 4.90 Å². The molecule has 0 aromatic heterocycles. The quantitative estimate of drug-likeness (QED) is 0.572. The van der Waals surface area contributed by atoms with E-state index in [0.717, 1.165) is 30.0 Å². The van der Waals surface area contributed by atoms with Crippen LogP contribution in [0, 0.1) is 5.92 Å². The molecule has 2 aliphatic heterocycles. The first-order valence-electron chi connectivity index (χ1n) is 9.62. The Bertz CT molecular complexity index is 833. The number of hydrogen-bond acceptors (Lipinski definition) is 3. The molecule has 2 heterocycles. The second kappa shape index (κ2) is 6.20. The normalized spacial score (nSPS) is 22.0. The molecule has 1 fully saturated rings. The van der Waals surface area contributed by atoms with Crippen LogP contribution in [0.4, 0.5) is 0 Å². The number of carbonyl (C=O) groups is 2. The molecule has 2 atom stereocenters. The Morgan fingerprint density at radius 1 is 1.00 bits per heavy atom. The van der Waals surface area contributed by atoms with Crippen LogP contribution in [0.15, 0.2) is 36.4 Å². The lowest BCUT2D eigenvalue weighted by molar-refractivity contribution is 0.0574. The van der Waals surface area contributed by atoms with Crippen molar-refractivity contribution in [2.24, 2.45) is 5.92 Å². The third kappa shape index (κ3) is 2.39. The van der Waals surface area contributed by atoms with E-state index in [9.17, 15) is 9.59 Å². The average molecular weight is 351 g/mol. The van der Waals surface area contributed by atoms with E-state index >= 15 is 0 Å². The molecule has 0 saturated carbocycles. The van der Waals surface area contributed by atoms with Gasteiger partial charge in [0, 0.05) is 29.0 Å². The molecule has 4 rings (SSSR count). The smallest absolute Gasteiger partial charge is 0.261 e.